The van der Waals surface area contributed by atoms with Gasteiger partial charge in [0.25, 0.3) is 0 Å². The molecule has 8 heteroatoms. The Labute approximate surface area is 158 Å². The van der Waals surface area contributed by atoms with Crippen LogP contribution in [0.2, 0.25) is 15.1 Å². The molecular formula is C17H13Cl3F3NO. The fourth-order valence-corrected chi connectivity index (χ4v) is 2.76. The minimum Gasteiger partial charge on any atom is -0.391 e. The van der Waals surface area contributed by atoms with Crippen LogP contribution in [0.3, 0.4) is 0 Å². The van der Waals surface area contributed by atoms with Gasteiger partial charge >= 0.3 is 6.18 Å². The first-order chi connectivity index (χ1) is 11.7. The molecule has 0 amide bonds. The number of benzene rings is 2. The number of rotatable bonds is 5. The van der Waals surface area contributed by atoms with E-state index in [1.165, 1.54) is 12.1 Å². The first kappa shape index (κ1) is 19.9. The van der Waals surface area contributed by atoms with Gasteiger partial charge in [0.05, 0.1) is 11.3 Å². The highest BCUT2D eigenvalue weighted by Crippen LogP contribution is 2.34. The van der Waals surface area contributed by atoms with Gasteiger partial charge in [0, 0.05) is 26.2 Å². The molecule has 134 valence electrons. The topological polar surface area (TPSA) is 21.6 Å². The van der Waals surface area contributed by atoms with Crippen molar-refractivity contribution in [3.8, 4) is 0 Å². The molecule has 0 saturated carbocycles. The van der Waals surface area contributed by atoms with Gasteiger partial charge in [-0.3, -0.25) is 0 Å². The third-order valence-corrected chi connectivity index (χ3v) is 4.16. The fraction of sp³-hybridized carbons (Fsp3) is 0.235. The lowest BCUT2D eigenvalue weighted by Crippen LogP contribution is -2.13. The van der Waals surface area contributed by atoms with E-state index >= 15 is 0 Å². The van der Waals surface area contributed by atoms with E-state index in [1.54, 1.807) is 25.1 Å². The Morgan fingerprint density at radius 3 is 2.28 bits per heavy atom. The van der Waals surface area contributed by atoms with E-state index in [0.717, 1.165) is 6.07 Å². The van der Waals surface area contributed by atoms with Gasteiger partial charge in [0.2, 0.25) is 0 Å². The van der Waals surface area contributed by atoms with Gasteiger partial charge in [-0.2, -0.15) is 13.2 Å². The zero-order valence-electron chi connectivity index (χ0n) is 13.0. The summed E-state index contributed by atoms with van der Waals surface area (Å²) < 4.78 is 39.6. The second-order valence-electron chi connectivity index (χ2n) is 5.09. The van der Waals surface area contributed by atoms with Crippen LogP contribution in [0, 0.1) is 0 Å². The van der Waals surface area contributed by atoms with E-state index in [-0.39, 0.29) is 29.3 Å². The lowest BCUT2D eigenvalue weighted by molar-refractivity contribution is -0.137. The van der Waals surface area contributed by atoms with Gasteiger partial charge in [0.15, 0.2) is 0 Å². The molecule has 0 radical (unpaired) electrons. The van der Waals surface area contributed by atoms with Crippen LogP contribution in [0.15, 0.2) is 41.6 Å². The summed E-state index contributed by atoms with van der Waals surface area (Å²) in [5.41, 5.74) is -0.164. The smallest absolute Gasteiger partial charge is 0.391 e. The minimum atomic E-state index is -4.52. The molecule has 0 aromatic heterocycles. The van der Waals surface area contributed by atoms with Gasteiger partial charge in [-0.15, -0.1) is 0 Å². The Balaban J connectivity index is 2.27. The number of oxime groups is 1. The lowest BCUT2D eigenvalue weighted by atomic mass is 10.0. The van der Waals surface area contributed by atoms with Gasteiger partial charge < -0.3 is 4.84 Å². The maximum Gasteiger partial charge on any atom is 0.417 e. The Morgan fingerprint density at radius 1 is 1.04 bits per heavy atom. The molecule has 2 nitrogen and oxygen atoms in total. The molecular weight excluding hydrogens is 398 g/mol. The summed E-state index contributed by atoms with van der Waals surface area (Å²) in [4.78, 5) is 5.21. The van der Waals surface area contributed by atoms with Crippen LogP contribution in [-0.2, 0) is 17.6 Å². The molecule has 0 saturated heterocycles. The Hall–Kier alpha value is -1.43. The van der Waals surface area contributed by atoms with E-state index in [9.17, 15) is 13.2 Å². The maximum atomic E-state index is 13.2. The van der Waals surface area contributed by atoms with Crippen LogP contribution >= 0.6 is 34.8 Å². The molecule has 2 aromatic rings. The van der Waals surface area contributed by atoms with Crippen molar-refractivity contribution in [2.75, 3.05) is 0 Å². The van der Waals surface area contributed by atoms with E-state index in [4.69, 9.17) is 39.6 Å². The van der Waals surface area contributed by atoms with E-state index in [0.29, 0.717) is 15.6 Å². The Kier molecular flexibility index (Phi) is 6.60. The second kappa shape index (κ2) is 8.30. The lowest BCUT2D eigenvalue weighted by Gasteiger charge is -2.14. The summed E-state index contributed by atoms with van der Waals surface area (Å²) in [6.07, 6.45) is -4.28. The van der Waals surface area contributed by atoms with Crippen molar-refractivity contribution in [1.29, 1.82) is 0 Å². The molecule has 0 aliphatic carbocycles. The second-order valence-corrected chi connectivity index (χ2v) is 6.37. The highest BCUT2D eigenvalue weighted by molar-refractivity contribution is 6.35. The summed E-state index contributed by atoms with van der Waals surface area (Å²) >= 11 is 17.7. The molecule has 25 heavy (non-hydrogen) atoms. The van der Waals surface area contributed by atoms with Crippen molar-refractivity contribution in [2.45, 2.75) is 26.1 Å². The Morgan fingerprint density at radius 2 is 1.68 bits per heavy atom. The SMILES string of the molecule is CC/C(=N\OCc1ccc(Cl)cc1Cl)c1cc(Cl)ccc1C(F)(F)F. The largest absolute Gasteiger partial charge is 0.417 e. The number of alkyl halides is 3. The molecule has 0 bridgehead atoms. The molecule has 0 aliphatic heterocycles. The molecule has 0 N–H and O–H groups in total. The van der Waals surface area contributed by atoms with Crippen molar-refractivity contribution in [2.24, 2.45) is 5.16 Å². The molecule has 0 spiro atoms. The zero-order valence-corrected chi connectivity index (χ0v) is 15.3. The van der Waals surface area contributed by atoms with E-state index in [1.807, 2.05) is 0 Å². The first-order valence-corrected chi connectivity index (χ1v) is 8.35. The van der Waals surface area contributed by atoms with Crippen molar-refractivity contribution in [3.05, 3.63) is 68.2 Å². The highest BCUT2D eigenvalue weighted by atomic mass is 35.5. The van der Waals surface area contributed by atoms with Crippen LogP contribution in [-0.4, -0.2) is 5.71 Å². The molecule has 0 atom stereocenters. The Bertz CT molecular complexity index is 791. The standard InChI is InChI=1S/C17H13Cl3F3NO/c1-2-16(13-7-11(18)5-6-14(13)17(21,22)23)24-25-9-10-3-4-12(19)8-15(10)20/h3-8H,2,9H2,1H3/b24-16+. The van der Waals surface area contributed by atoms with Crippen LogP contribution in [0.4, 0.5) is 13.2 Å². The van der Waals surface area contributed by atoms with Crippen LogP contribution in [0.25, 0.3) is 0 Å². The van der Waals surface area contributed by atoms with E-state index < -0.39 is 11.7 Å². The molecule has 2 rings (SSSR count). The fourth-order valence-electron chi connectivity index (χ4n) is 2.13. The predicted octanol–water partition coefficient (Wildman–Crippen LogP) is 7.00. The van der Waals surface area contributed by atoms with Crippen molar-refractivity contribution >= 4 is 40.5 Å². The molecule has 0 heterocycles. The summed E-state index contributed by atoms with van der Waals surface area (Å²) in [7, 11) is 0. The number of hydrogen-bond acceptors (Lipinski definition) is 2. The third-order valence-electron chi connectivity index (χ3n) is 3.34. The first-order valence-electron chi connectivity index (χ1n) is 7.22. The summed E-state index contributed by atoms with van der Waals surface area (Å²) in [5.74, 6) is 0. The maximum absolute atomic E-state index is 13.2. The minimum absolute atomic E-state index is 0.00141. The zero-order chi connectivity index (χ0) is 18.6. The molecule has 0 aliphatic rings. The van der Waals surface area contributed by atoms with Crippen molar-refractivity contribution in [1.82, 2.24) is 0 Å². The monoisotopic (exact) mass is 409 g/mol. The number of nitrogens with zero attached hydrogens (tertiary/aromatic N) is 1. The van der Waals surface area contributed by atoms with E-state index in [2.05, 4.69) is 5.16 Å². The number of hydrogen-bond donors (Lipinski definition) is 0. The number of halogens is 6. The molecule has 0 fully saturated rings. The van der Waals surface area contributed by atoms with Crippen LogP contribution < -0.4 is 0 Å². The average molecular weight is 411 g/mol. The molecule has 2 aromatic carbocycles. The highest BCUT2D eigenvalue weighted by Gasteiger charge is 2.34. The van der Waals surface area contributed by atoms with Crippen LogP contribution in [0.5, 0.6) is 0 Å². The van der Waals surface area contributed by atoms with Crippen molar-refractivity contribution < 1.29 is 18.0 Å². The molecule has 0 unspecified atom stereocenters. The van der Waals surface area contributed by atoms with Crippen molar-refractivity contribution in [3.63, 3.8) is 0 Å². The van der Waals surface area contributed by atoms with Crippen LogP contribution in [0.1, 0.15) is 30.0 Å². The van der Waals surface area contributed by atoms with Gasteiger partial charge in [-0.05, 0) is 36.8 Å². The third kappa shape index (κ3) is 5.27. The van der Waals surface area contributed by atoms with Gasteiger partial charge in [-0.1, -0.05) is 52.9 Å². The normalized spacial score (nSPS) is 12.4. The average Bonchev–Trinajstić information content (AvgIpc) is 2.52. The predicted molar refractivity (Wildman–Crippen MR) is 94.5 cm³/mol. The quantitative estimate of drug-likeness (QED) is 0.384. The summed E-state index contributed by atoms with van der Waals surface area (Å²) in [6, 6.07) is 8.19. The van der Waals surface area contributed by atoms with Gasteiger partial charge in [0.1, 0.15) is 6.61 Å². The summed E-state index contributed by atoms with van der Waals surface area (Å²) in [6.45, 7) is 1.68. The summed E-state index contributed by atoms with van der Waals surface area (Å²) in [5, 5.41) is 4.90. The van der Waals surface area contributed by atoms with Gasteiger partial charge in [-0.25, -0.2) is 0 Å².